The summed E-state index contributed by atoms with van der Waals surface area (Å²) in [7, 11) is 0. The molecule has 1 aromatic rings. The average molecular weight is 501 g/mol. The van der Waals surface area contributed by atoms with E-state index >= 15 is 0 Å². The van der Waals surface area contributed by atoms with Gasteiger partial charge in [-0.25, -0.2) is 0 Å². The number of guanidine groups is 1. The van der Waals surface area contributed by atoms with Crippen molar-refractivity contribution in [3.05, 3.63) is 35.9 Å². The molecule has 1 fully saturated rings. The van der Waals surface area contributed by atoms with Gasteiger partial charge in [0.1, 0.15) is 0 Å². The van der Waals surface area contributed by atoms with E-state index in [4.69, 9.17) is 4.99 Å². The first-order chi connectivity index (χ1) is 13.1. The lowest BCUT2D eigenvalue weighted by Crippen LogP contribution is -2.40. The minimum atomic E-state index is 0. The molecule has 1 atom stereocenters. The first-order valence-electron chi connectivity index (χ1n) is 10.2. The topological polar surface area (TPSA) is 68.8 Å². The molecule has 0 aromatic heterocycles. The molecule has 1 heterocycles. The Morgan fingerprint density at radius 3 is 2.43 bits per heavy atom. The SMILES string of the molecule is CCNC(=NCC(c1ccccc1)N1CCCC1)NCCC(=O)NC(C)C.I. The number of halogens is 1. The molecule has 1 aliphatic rings. The highest BCUT2D eigenvalue weighted by atomic mass is 127. The standard InChI is InChI=1S/C21H35N5O.HI/c1-4-22-21(23-13-12-20(27)25-17(2)3)24-16-19(26-14-8-9-15-26)18-10-6-5-7-11-18;/h5-7,10-11,17,19H,4,8-9,12-16H2,1-3H3,(H,25,27)(H2,22,23,24);1H. The van der Waals surface area contributed by atoms with Crippen LogP contribution in [-0.2, 0) is 4.79 Å². The van der Waals surface area contributed by atoms with Gasteiger partial charge in [-0.05, 0) is 52.3 Å². The van der Waals surface area contributed by atoms with Crippen LogP contribution in [0.3, 0.4) is 0 Å². The van der Waals surface area contributed by atoms with Crippen LogP contribution >= 0.6 is 24.0 Å². The zero-order valence-corrected chi connectivity index (χ0v) is 19.7. The van der Waals surface area contributed by atoms with Crippen LogP contribution in [0, 0.1) is 0 Å². The first-order valence-corrected chi connectivity index (χ1v) is 10.2. The molecule has 0 spiro atoms. The summed E-state index contributed by atoms with van der Waals surface area (Å²) in [5, 5.41) is 9.48. The van der Waals surface area contributed by atoms with Crippen molar-refractivity contribution in [1.82, 2.24) is 20.9 Å². The van der Waals surface area contributed by atoms with E-state index in [9.17, 15) is 4.79 Å². The van der Waals surface area contributed by atoms with Crippen LogP contribution in [0.2, 0.25) is 0 Å². The highest BCUT2D eigenvalue weighted by Crippen LogP contribution is 2.25. The molecule has 0 aliphatic carbocycles. The lowest BCUT2D eigenvalue weighted by Gasteiger charge is -2.27. The minimum Gasteiger partial charge on any atom is -0.357 e. The van der Waals surface area contributed by atoms with E-state index < -0.39 is 0 Å². The summed E-state index contributed by atoms with van der Waals surface area (Å²) >= 11 is 0. The zero-order valence-electron chi connectivity index (χ0n) is 17.4. The highest BCUT2D eigenvalue weighted by molar-refractivity contribution is 14.0. The average Bonchev–Trinajstić information content (AvgIpc) is 3.16. The summed E-state index contributed by atoms with van der Waals surface area (Å²) in [6, 6.07) is 11.1. The molecule has 1 saturated heterocycles. The van der Waals surface area contributed by atoms with E-state index in [0.717, 1.165) is 25.6 Å². The molecule has 1 unspecified atom stereocenters. The smallest absolute Gasteiger partial charge is 0.221 e. The Morgan fingerprint density at radius 2 is 1.82 bits per heavy atom. The largest absolute Gasteiger partial charge is 0.357 e. The number of likely N-dealkylation sites (tertiary alicyclic amines) is 1. The number of nitrogens with one attached hydrogen (secondary N) is 3. The van der Waals surface area contributed by atoms with Gasteiger partial charge >= 0.3 is 0 Å². The van der Waals surface area contributed by atoms with Gasteiger partial charge in [-0.3, -0.25) is 14.7 Å². The quantitative estimate of drug-likeness (QED) is 0.277. The molecule has 1 amide bonds. The molecular formula is C21H36IN5O. The maximum absolute atomic E-state index is 11.8. The number of carbonyl (C=O) groups excluding carboxylic acids is 1. The zero-order chi connectivity index (χ0) is 19.5. The van der Waals surface area contributed by atoms with Crippen molar-refractivity contribution in [2.45, 2.75) is 52.1 Å². The summed E-state index contributed by atoms with van der Waals surface area (Å²) in [6.45, 7) is 10.3. The molecule has 0 bridgehead atoms. The number of carbonyl (C=O) groups is 1. The van der Waals surface area contributed by atoms with Gasteiger partial charge in [0.2, 0.25) is 5.91 Å². The molecule has 0 saturated carbocycles. The maximum atomic E-state index is 11.8. The van der Waals surface area contributed by atoms with Gasteiger partial charge in [-0.2, -0.15) is 0 Å². The molecule has 0 radical (unpaired) electrons. The fraction of sp³-hybridized carbons (Fsp3) is 0.619. The molecule has 6 nitrogen and oxygen atoms in total. The summed E-state index contributed by atoms with van der Waals surface area (Å²) in [5.74, 6) is 0.836. The second kappa shape index (κ2) is 13.8. The Kier molecular flexibility index (Phi) is 12.1. The Bertz CT molecular complexity index is 588. The van der Waals surface area contributed by atoms with Gasteiger partial charge in [-0.1, -0.05) is 30.3 Å². The summed E-state index contributed by atoms with van der Waals surface area (Å²) in [5.41, 5.74) is 1.32. The van der Waals surface area contributed by atoms with Gasteiger partial charge in [0.05, 0.1) is 12.6 Å². The van der Waals surface area contributed by atoms with Crippen molar-refractivity contribution < 1.29 is 4.79 Å². The maximum Gasteiger partial charge on any atom is 0.221 e. The van der Waals surface area contributed by atoms with E-state index in [1.807, 2.05) is 13.8 Å². The van der Waals surface area contributed by atoms with Gasteiger partial charge in [0, 0.05) is 25.6 Å². The van der Waals surface area contributed by atoms with E-state index in [2.05, 4.69) is 58.1 Å². The molecule has 7 heteroatoms. The van der Waals surface area contributed by atoms with Crippen LogP contribution in [0.1, 0.15) is 51.6 Å². The van der Waals surface area contributed by atoms with Gasteiger partial charge in [-0.15, -0.1) is 24.0 Å². The monoisotopic (exact) mass is 501 g/mol. The van der Waals surface area contributed by atoms with Crippen molar-refractivity contribution in [2.75, 3.05) is 32.7 Å². The summed E-state index contributed by atoms with van der Waals surface area (Å²) < 4.78 is 0. The van der Waals surface area contributed by atoms with Crippen LogP contribution in [0.4, 0.5) is 0 Å². The normalized spacial score (nSPS) is 15.8. The van der Waals surface area contributed by atoms with E-state index in [-0.39, 0.29) is 35.9 Å². The molecule has 28 heavy (non-hydrogen) atoms. The second-order valence-electron chi connectivity index (χ2n) is 7.29. The van der Waals surface area contributed by atoms with Crippen LogP contribution in [-0.4, -0.2) is 55.5 Å². The predicted molar refractivity (Wildman–Crippen MR) is 127 cm³/mol. The number of amides is 1. The molecule has 1 aromatic carbocycles. The first kappa shape index (κ1) is 24.7. The number of rotatable bonds is 9. The Labute approximate surface area is 187 Å². The van der Waals surface area contributed by atoms with Gasteiger partial charge in [0.25, 0.3) is 0 Å². The third-order valence-electron chi connectivity index (χ3n) is 4.63. The van der Waals surface area contributed by atoms with Crippen molar-refractivity contribution >= 4 is 35.8 Å². The molecule has 3 N–H and O–H groups in total. The third kappa shape index (κ3) is 8.77. The Morgan fingerprint density at radius 1 is 1.14 bits per heavy atom. The minimum absolute atomic E-state index is 0. The van der Waals surface area contributed by atoms with Crippen molar-refractivity contribution in [1.29, 1.82) is 0 Å². The Hall–Kier alpha value is -1.35. The van der Waals surface area contributed by atoms with E-state index in [1.54, 1.807) is 0 Å². The number of hydrogen-bond acceptors (Lipinski definition) is 3. The number of benzene rings is 1. The van der Waals surface area contributed by atoms with Crippen LogP contribution < -0.4 is 16.0 Å². The van der Waals surface area contributed by atoms with Gasteiger partial charge < -0.3 is 16.0 Å². The highest BCUT2D eigenvalue weighted by Gasteiger charge is 2.23. The van der Waals surface area contributed by atoms with Crippen molar-refractivity contribution in [3.8, 4) is 0 Å². The molecular weight excluding hydrogens is 465 g/mol. The van der Waals surface area contributed by atoms with E-state index in [1.165, 1.54) is 18.4 Å². The number of nitrogens with zero attached hydrogens (tertiary/aromatic N) is 2. The number of aliphatic imine (C=N–C) groups is 1. The summed E-state index contributed by atoms with van der Waals surface area (Å²) in [6.07, 6.45) is 2.96. The Balaban J connectivity index is 0.00000392. The fourth-order valence-corrected chi connectivity index (χ4v) is 3.37. The molecule has 158 valence electrons. The van der Waals surface area contributed by atoms with Crippen LogP contribution in [0.5, 0.6) is 0 Å². The third-order valence-corrected chi connectivity index (χ3v) is 4.63. The molecule has 2 rings (SSSR count). The van der Waals surface area contributed by atoms with Crippen molar-refractivity contribution in [3.63, 3.8) is 0 Å². The lowest BCUT2D eigenvalue weighted by molar-refractivity contribution is -0.121. The van der Waals surface area contributed by atoms with Crippen LogP contribution in [0.15, 0.2) is 35.3 Å². The van der Waals surface area contributed by atoms with E-state index in [0.29, 0.717) is 25.6 Å². The van der Waals surface area contributed by atoms with Crippen molar-refractivity contribution in [2.24, 2.45) is 4.99 Å². The predicted octanol–water partition coefficient (Wildman–Crippen LogP) is 2.91. The molecule has 1 aliphatic heterocycles. The lowest BCUT2D eigenvalue weighted by atomic mass is 10.1. The number of hydrogen-bond donors (Lipinski definition) is 3. The fourth-order valence-electron chi connectivity index (χ4n) is 3.37. The summed E-state index contributed by atoms with van der Waals surface area (Å²) in [4.78, 5) is 19.1. The second-order valence-corrected chi connectivity index (χ2v) is 7.29. The van der Waals surface area contributed by atoms with Crippen LogP contribution in [0.25, 0.3) is 0 Å². The van der Waals surface area contributed by atoms with Gasteiger partial charge in [0.15, 0.2) is 5.96 Å².